The molecule has 154 valence electrons. The molecule has 1 saturated heterocycles. The van der Waals surface area contributed by atoms with Crippen LogP contribution in [-0.2, 0) is 0 Å². The lowest BCUT2D eigenvalue weighted by molar-refractivity contribution is 0.246. The summed E-state index contributed by atoms with van der Waals surface area (Å²) in [6, 6.07) is 16.1. The third kappa shape index (κ3) is 5.29. The molecule has 6 nitrogen and oxygen atoms in total. The average Bonchev–Trinajstić information content (AvgIpc) is 2.75. The lowest BCUT2D eigenvalue weighted by Gasteiger charge is -2.37. The van der Waals surface area contributed by atoms with Crippen molar-refractivity contribution in [2.75, 3.05) is 40.9 Å². The molecule has 1 aliphatic rings. The Morgan fingerprint density at radius 1 is 1.07 bits per heavy atom. The number of nitrogens with zero attached hydrogens (tertiary/aromatic N) is 3. The summed E-state index contributed by atoms with van der Waals surface area (Å²) < 4.78 is 1.09. The van der Waals surface area contributed by atoms with E-state index in [0.717, 1.165) is 49.1 Å². The molecule has 2 N–H and O–H groups in total. The molecule has 1 fully saturated rings. The first kappa shape index (κ1) is 21.2. The van der Waals surface area contributed by atoms with Gasteiger partial charge in [-0.05, 0) is 61.9 Å². The van der Waals surface area contributed by atoms with E-state index >= 15 is 0 Å². The fraction of sp³-hybridized carbons (Fsp3) is 0.364. The van der Waals surface area contributed by atoms with Crippen molar-refractivity contribution in [2.45, 2.75) is 26.3 Å². The Bertz CT molecular complexity index is 816. The Balaban J connectivity index is 1.61. The van der Waals surface area contributed by atoms with Gasteiger partial charge in [-0.1, -0.05) is 22.9 Å². The molecule has 7 heteroatoms. The van der Waals surface area contributed by atoms with E-state index in [1.807, 2.05) is 38.1 Å². The molecule has 3 rings (SSSR count). The quantitative estimate of drug-likeness (QED) is 0.488. The van der Waals surface area contributed by atoms with Gasteiger partial charge in [-0.3, -0.25) is 10.3 Å². The number of amides is 2. The average molecular weight is 458 g/mol. The first-order valence-electron chi connectivity index (χ1n) is 9.97. The van der Waals surface area contributed by atoms with E-state index in [0.29, 0.717) is 5.69 Å². The summed E-state index contributed by atoms with van der Waals surface area (Å²) in [5.74, 6) is 0. The molecule has 0 aliphatic carbocycles. The third-order valence-electron chi connectivity index (χ3n) is 5.29. The van der Waals surface area contributed by atoms with Crippen LogP contribution >= 0.6 is 15.9 Å². The molecule has 29 heavy (non-hydrogen) atoms. The van der Waals surface area contributed by atoms with E-state index in [2.05, 4.69) is 55.3 Å². The smallest absolute Gasteiger partial charge is 0.327 e. The van der Waals surface area contributed by atoms with Gasteiger partial charge < -0.3 is 15.1 Å². The summed E-state index contributed by atoms with van der Waals surface area (Å²) in [7, 11) is 0. The fourth-order valence-corrected chi connectivity index (χ4v) is 3.60. The van der Waals surface area contributed by atoms with Gasteiger partial charge in [0.05, 0.1) is 12.0 Å². The number of urea groups is 1. The number of nitrogens with one attached hydrogen (secondary N) is 2. The maximum absolute atomic E-state index is 12.4. The zero-order chi connectivity index (χ0) is 20.8. The molecule has 2 amide bonds. The third-order valence-corrected chi connectivity index (χ3v) is 5.82. The summed E-state index contributed by atoms with van der Waals surface area (Å²) >= 11 is 3.49. The summed E-state index contributed by atoms with van der Waals surface area (Å²) in [4.78, 5) is 18.5. The normalized spacial score (nSPS) is 15.0. The molecular formula is C22H28BrN5O. The van der Waals surface area contributed by atoms with E-state index in [9.17, 15) is 4.79 Å². The lowest BCUT2D eigenvalue weighted by atomic mass is 10.2. The van der Waals surface area contributed by atoms with Gasteiger partial charge in [0, 0.05) is 48.1 Å². The minimum atomic E-state index is -0.273. The fourth-order valence-electron chi connectivity index (χ4n) is 3.33. The maximum Gasteiger partial charge on any atom is 0.327 e. The molecule has 2 aromatic rings. The van der Waals surface area contributed by atoms with Gasteiger partial charge in [-0.25, -0.2) is 4.79 Å². The summed E-state index contributed by atoms with van der Waals surface area (Å²) in [5, 5.41) is 10.5. The Hall–Kier alpha value is -2.54. The van der Waals surface area contributed by atoms with Gasteiger partial charge >= 0.3 is 6.03 Å². The largest absolute Gasteiger partial charge is 0.368 e. The summed E-state index contributed by atoms with van der Waals surface area (Å²) in [6.07, 6.45) is 1.91. The van der Waals surface area contributed by atoms with E-state index in [4.69, 9.17) is 5.41 Å². The standard InChI is InChI=1S/C22H28BrN5O/c1-3-17(2)25-22(29)28(16-24)21-10-8-20(9-11-21)27-14-12-26(13-15-27)19-6-4-18(23)5-7-19/h4-11,16-17,24H,3,12-15H2,1-2H3,(H,25,29). The number of carbonyl (C=O) groups excluding carboxylic acids is 1. The molecule has 1 aliphatic heterocycles. The molecule has 0 bridgehead atoms. The molecule has 0 saturated carbocycles. The number of carbonyl (C=O) groups is 1. The van der Waals surface area contributed by atoms with E-state index < -0.39 is 0 Å². The van der Waals surface area contributed by atoms with Gasteiger partial charge in [0.2, 0.25) is 0 Å². The van der Waals surface area contributed by atoms with E-state index in [1.165, 1.54) is 10.6 Å². The van der Waals surface area contributed by atoms with Crippen molar-refractivity contribution >= 4 is 45.4 Å². The van der Waals surface area contributed by atoms with Crippen LogP contribution in [0.4, 0.5) is 21.9 Å². The molecular weight excluding hydrogens is 430 g/mol. The van der Waals surface area contributed by atoms with Crippen LogP contribution in [0.25, 0.3) is 0 Å². The van der Waals surface area contributed by atoms with Crippen molar-refractivity contribution in [3.63, 3.8) is 0 Å². The lowest BCUT2D eigenvalue weighted by Crippen LogP contribution is -2.46. The van der Waals surface area contributed by atoms with Gasteiger partial charge in [0.25, 0.3) is 0 Å². The van der Waals surface area contributed by atoms with Crippen molar-refractivity contribution in [1.29, 1.82) is 5.41 Å². The Kier molecular flexibility index (Phi) is 7.14. The number of hydrogen-bond acceptors (Lipinski definition) is 4. The Morgan fingerprint density at radius 2 is 1.55 bits per heavy atom. The van der Waals surface area contributed by atoms with Crippen LogP contribution in [0.1, 0.15) is 20.3 Å². The van der Waals surface area contributed by atoms with Crippen LogP contribution in [0.15, 0.2) is 53.0 Å². The topological polar surface area (TPSA) is 62.7 Å². The number of rotatable bonds is 6. The van der Waals surface area contributed by atoms with Crippen LogP contribution in [0.3, 0.4) is 0 Å². The monoisotopic (exact) mass is 457 g/mol. The van der Waals surface area contributed by atoms with Crippen molar-refractivity contribution in [3.05, 3.63) is 53.0 Å². The predicted octanol–water partition coefficient (Wildman–Crippen LogP) is 4.70. The molecule has 1 heterocycles. The zero-order valence-electron chi connectivity index (χ0n) is 16.9. The highest BCUT2D eigenvalue weighted by Crippen LogP contribution is 2.24. The van der Waals surface area contributed by atoms with Gasteiger partial charge in [0.1, 0.15) is 0 Å². The highest BCUT2D eigenvalue weighted by atomic mass is 79.9. The predicted molar refractivity (Wildman–Crippen MR) is 125 cm³/mol. The summed E-state index contributed by atoms with van der Waals surface area (Å²) in [6.45, 7) is 7.79. The minimum absolute atomic E-state index is 0.0752. The molecule has 0 spiro atoms. The van der Waals surface area contributed by atoms with Crippen LogP contribution in [-0.4, -0.2) is 44.6 Å². The maximum atomic E-state index is 12.4. The molecule has 0 radical (unpaired) electrons. The number of piperazine rings is 1. The van der Waals surface area contributed by atoms with Crippen molar-refractivity contribution in [3.8, 4) is 0 Å². The van der Waals surface area contributed by atoms with Crippen LogP contribution < -0.4 is 20.0 Å². The van der Waals surface area contributed by atoms with Crippen molar-refractivity contribution < 1.29 is 4.79 Å². The minimum Gasteiger partial charge on any atom is -0.368 e. The van der Waals surface area contributed by atoms with Crippen LogP contribution in [0, 0.1) is 5.41 Å². The van der Waals surface area contributed by atoms with Gasteiger partial charge in [-0.15, -0.1) is 0 Å². The molecule has 0 aromatic heterocycles. The SMILES string of the molecule is CCC(C)NC(=O)N(C=N)c1ccc(N2CCN(c3ccc(Br)cc3)CC2)cc1. The zero-order valence-corrected chi connectivity index (χ0v) is 18.5. The first-order valence-corrected chi connectivity index (χ1v) is 10.8. The second-order valence-electron chi connectivity index (χ2n) is 7.22. The Labute approximate surface area is 181 Å². The van der Waals surface area contributed by atoms with E-state index in [-0.39, 0.29) is 12.1 Å². The molecule has 2 aromatic carbocycles. The summed E-state index contributed by atoms with van der Waals surface area (Å²) in [5.41, 5.74) is 3.08. The van der Waals surface area contributed by atoms with Crippen molar-refractivity contribution in [2.24, 2.45) is 0 Å². The number of halogens is 1. The number of hydrogen-bond donors (Lipinski definition) is 2. The van der Waals surface area contributed by atoms with E-state index in [1.54, 1.807) is 0 Å². The second kappa shape index (κ2) is 9.78. The number of anilines is 3. The molecule has 1 atom stereocenters. The highest BCUT2D eigenvalue weighted by molar-refractivity contribution is 9.10. The second-order valence-corrected chi connectivity index (χ2v) is 8.14. The van der Waals surface area contributed by atoms with Crippen LogP contribution in [0.5, 0.6) is 0 Å². The van der Waals surface area contributed by atoms with Crippen molar-refractivity contribution in [1.82, 2.24) is 5.32 Å². The number of benzene rings is 2. The van der Waals surface area contributed by atoms with Crippen LogP contribution in [0.2, 0.25) is 0 Å². The first-order chi connectivity index (χ1) is 14.0. The van der Waals surface area contributed by atoms with Gasteiger partial charge in [0.15, 0.2) is 0 Å². The Morgan fingerprint density at radius 3 is 2.00 bits per heavy atom. The highest BCUT2D eigenvalue weighted by Gasteiger charge is 2.19. The molecule has 1 unspecified atom stereocenters. The van der Waals surface area contributed by atoms with Gasteiger partial charge in [-0.2, -0.15) is 0 Å².